The van der Waals surface area contributed by atoms with Crippen molar-refractivity contribution < 1.29 is 14.6 Å². The standard InChI is InChI=1S/C18H21N3O3S/c1-14(22)21(16-6-9-25-13-16)8-7-20-11-17(23)12-24-18-5-3-2-4-15(18)10-19/h2-6,9,13,17,20,23H,7-8,11-12H2,1H3. The number of rotatable bonds is 9. The van der Waals surface area contributed by atoms with Gasteiger partial charge in [-0.1, -0.05) is 12.1 Å². The van der Waals surface area contributed by atoms with E-state index in [0.29, 0.717) is 30.9 Å². The molecule has 0 aliphatic carbocycles. The van der Waals surface area contributed by atoms with Crippen molar-refractivity contribution in [3.8, 4) is 11.8 Å². The van der Waals surface area contributed by atoms with E-state index in [0.717, 1.165) is 5.69 Å². The first kappa shape index (κ1) is 18.9. The average Bonchev–Trinajstić information content (AvgIpc) is 3.13. The molecule has 2 rings (SSSR count). The molecule has 2 N–H and O–H groups in total. The van der Waals surface area contributed by atoms with E-state index >= 15 is 0 Å². The summed E-state index contributed by atoms with van der Waals surface area (Å²) in [4.78, 5) is 13.4. The van der Waals surface area contributed by atoms with Gasteiger partial charge < -0.3 is 20.1 Å². The summed E-state index contributed by atoms with van der Waals surface area (Å²) in [5, 5.41) is 25.9. The summed E-state index contributed by atoms with van der Waals surface area (Å²) in [5.41, 5.74) is 1.33. The smallest absolute Gasteiger partial charge is 0.223 e. The van der Waals surface area contributed by atoms with Gasteiger partial charge in [-0.3, -0.25) is 4.79 Å². The Morgan fingerprint density at radius 1 is 1.44 bits per heavy atom. The van der Waals surface area contributed by atoms with Crippen LogP contribution in [0.3, 0.4) is 0 Å². The molecule has 2 aromatic rings. The number of aliphatic hydroxyl groups excluding tert-OH is 1. The monoisotopic (exact) mass is 359 g/mol. The van der Waals surface area contributed by atoms with Gasteiger partial charge in [-0.25, -0.2) is 0 Å². The molecule has 6 nitrogen and oxygen atoms in total. The van der Waals surface area contributed by atoms with Gasteiger partial charge in [0.25, 0.3) is 0 Å². The molecule has 7 heteroatoms. The number of benzene rings is 1. The third kappa shape index (κ3) is 5.87. The molecule has 0 saturated heterocycles. The van der Waals surface area contributed by atoms with Crippen molar-refractivity contribution in [2.24, 2.45) is 0 Å². The predicted octanol–water partition coefficient (Wildman–Crippen LogP) is 2.00. The van der Waals surface area contributed by atoms with E-state index in [2.05, 4.69) is 5.32 Å². The third-order valence-electron chi connectivity index (χ3n) is 3.53. The second-order valence-electron chi connectivity index (χ2n) is 5.43. The second kappa shape index (κ2) is 9.79. The highest BCUT2D eigenvalue weighted by Crippen LogP contribution is 2.18. The minimum absolute atomic E-state index is 0.0165. The SMILES string of the molecule is CC(=O)N(CCNCC(O)COc1ccccc1C#N)c1ccsc1. The summed E-state index contributed by atoms with van der Waals surface area (Å²) < 4.78 is 5.49. The maximum absolute atomic E-state index is 11.7. The normalized spacial score (nSPS) is 11.6. The number of aliphatic hydroxyl groups is 1. The minimum atomic E-state index is -0.710. The molecule has 132 valence electrons. The molecule has 0 saturated carbocycles. The lowest BCUT2D eigenvalue weighted by Crippen LogP contribution is -2.38. The number of carbonyl (C=O) groups excluding carboxylic acids is 1. The van der Waals surface area contributed by atoms with E-state index in [9.17, 15) is 9.90 Å². The number of para-hydroxylation sites is 1. The van der Waals surface area contributed by atoms with Crippen LogP contribution in [0.15, 0.2) is 41.1 Å². The van der Waals surface area contributed by atoms with Crippen molar-refractivity contribution >= 4 is 22.9 Å². The van der Waals surface area contributed by atoms with Gasteiger partial charge in [0.2, 0.25) is 5.91 Å². The van der Waals surface area contributed by atoms with E-state index in [1.54, 1.807) is 40.5 Å². The highest BCUT2D eigenvalue weighted by atomic mass is 32.1. The maximum Gasteiger partial charge on any atom is 0.223 e. The van der Waals surface area contributed by atoms with Crippen LogP contribution in [-0.2, 0) is 4.79 Å². The van der Waals surface area contributed by atoms with E-state index in [1.807, 2.05) is 22.9 Å². The molecule has 25 heavy (non-hydrogen) atoms. The van der Waals surface area contributed by atoms with Gasteiger partial charge in [0, 0.05) is 31.9 Å². The quantitative estimate of drug-likeness (QED) is 0.669. The zero-order chi connectivity index (χ0) is 18.1. The van der Waals surface area contributed by atoms with Gasteiger partial charge in [0.05, 0.1) is 11.3 Å². The average molecular weight is 359 g/mol. The molecule has 0 spiro atoms. The van der Waals surface area contributed by atoms with Gasteiger partial charge in [0.1, 0.15) is 24.5 Å². The number of carbonyl (C=O) groups is 1. The Bertz CT molecular complexity index is 713. The van der Waals surface area contributed by atoms with Crippen LogP contribution in [0.25, 0.3) is 0 Å². The Balaban J connectivity index is 1.71. The summed E-state index contributed by atoms with van der Waals surface area (Å²) in [6.45, 7) is 3.04. The van der Waals surface area contributed by atoms with Gasteiger partial charge >= 0.3 is 0 Å². The van der Waals surface area contributed by atoms with E-state index in [4.69, 9.17) is 10.00 Å². The Morgan fingerprint density at radius 3 is 2.92 bits per heavy atom. The Kier molecular flexibility index (Phi) is 7.41. The van der Waals surface area contributed by atoms with Crippen LogP contribution in [0.5, 0.6) is 5.75 Å². The lowest BCUT2D eigenvalue weighted by Gasteiger charge is -2.20. The largest absolute Gasteiger partial charge is 0.489 e. The molecule has 1 atom stereocenters. The minimum Gasteiger partial charge on any atom is -0.489 e. The lowest BCUT2D eigenvalue weighted by molar-refractivity contribution is -0.116. The Labute approximate surface area is 151 Å². The van der Waals surface area contributed by atoms with E-state index < -0.39 is 6.10 Å². The summed E-state index contributed by atoms with van der Waals surface area (Å²) in [6, 6.07) is 10.9. The molecule has 0 fully saturated rings. The van der Waals surface area contributed by atoms with Crippen molar-refractivity contribution in [1.29, 1.82) is 5.26 Å². The topological polar surface area (TPSA) is 85.6 Å². The highest BCUT2D eigenvalue weighted by Gasteiger charge is 2.12. The van der Waals surface area contributed by atoms with Crippen LogP contribution in [0.1, 0.15) is 12.5 Å². The number of amides is 1. The molecule has 0 radical (unpaired) electrons. The van der Waals surface area contributed by atoms with Crippen molar-refractivity contribution in [2.45, 2.75) is 13.0 Å². The number of nitrogens with one attached hydrogen (secondary N) is 1. The van der Waals surface area contributed by atoms with Gasteiger partial charge in [0.15, 0.2) is 0 Å². The van der Waals surface area contributed by atoms with Crippen LogP contribution >= 0.6 is 11.3 Å². The number of thiophene rings is 1. The molecule has 1 amide bonds. The molecule has 1 aromatic carbocycles. The summed E-state index contributed by atoms with van der Waals surface area (Å²) in [5.74, 6) is 0.446. The number of nitrogens with zero attached hydrogens (tertiary/aromatic N) is 2. The lowest BCUT2D eigenvalue weighted by atomic mass is 10.2. The summed E-state index contributed by atoms with van der Waals surface area (Å²) in [7, 11) is 0. The third-order valence-corrected chi connectivity index (χ3v) is 4.20. The number of ether oxygens (including phenoxy) is 1. The molecule has 1 aromatic heterocycles. The molecule has 1 heterocycles. The maximum atomic E-state index is 11.7. The Hall–Kier alpha value is -2.40. The fourth-order valence-corrected chi connectivity index (χ4v) is 2.91. The Morgan fingerprint density at radius 2 is 2.24 bits per heavy atom. The zero-order valence-electron chi connectivity index (χ0n) is 14.0. The van der Waals surface area contributed by atoms with Gasteiger partial charge in [-0.2, -0.15) is 16.6 Å². The molecule has 0 aliphatic rings. The highest BCUT2D eigenvalue weighted by molar-refractivity contribution is 7.08. The zero-order valence-corrected chi connectivity index (χ0v) is 14.8. The van der Waals surface area contributed by atoms with E-state index in [-0.39, 0.29) is 12.5 Å². The van der Waals surface area contributed by atoms with Gasteiger partial charge in [-0.05, 0) is 23.6 Å². The van der Waals surface area contributed by atoms with Crippen LogP contribution in [0.2, 0.25) is 0 Å². The van der Waals surface area contributed by atoms with Crippen molar-refractivity contribution in [2.75, 3.05) is 31.1 Å². The number of hydrogen-bond donors (Lipinski definition) is 2. The van der Waals surface area contributed by atoms with Crippen molar-refractivity contribution in [3.05, 3.63) is 46.7 Å². The fraction of sp³-hybridized carbons (Fsp3) is 0.333. The van der Waals surface area contributed by atoms with Crippen LogP contribution in [0, 0.1) is 11.3 Å². The first-order valence-corrected chi connectivity index (χ1v) is 8.87. The second-order valence-corrected chi connectivity index (χ2v) is 6.21. The molecular formula is C18H21N3O3S. The number of nitriles is 1. The first-order valence-electron chi connectivity index (χ1n) is 7.93. The van der Waals surface area contributed by atoms with E-state index in [1.165, 1.54) is 6.92 Å². The van der Waals surface area contributed by atoms with Crippen molar-refractivity contribution in [1.82, 2.24) is 5.32 Å². The fourth-order valence-electron chi connectivity index (χ4n) is 2.27. The molecular weight excluding hydrogens is 338 g/mol. The van der Waals surface area contributed by atoms with Crippen LogP contribution in [0.4, 0.5) is 5.69 Å². The van der Waals surface area contributed by atoms with Crippen LogP contribution in [-0.4, -0.2) is 43.4 Å². The molecule has 0 bridgehead atoms. The van der Waals surface area contributed by atoms with Crippen LogP contribution < -0.4 is 15.0 Å². The number of anilines is 1. The molecule has 0 aliphatic heterocycles. The predicted molar refractivity (Wildman–Crippen MR) is 97.9 cm³/mol. The number of hydrogen-bond acceptors (Lipinski definition) is 6. The van der Waals surface area contributed by atoms with Gasteiger partial charge in [-0.15, -0.1) is 0 Å². The summed E-state index contributed by atoms with van der Waals surface area (Å²) in [6.07, 6.45) is -0.710. The first-order chi connectivity index (χ1) is 12.1. The molecule has 1 unspecified atom stereocenters. The summed E-state index contributed by atoms with van der Waals surface area (Å²) >= 11 is 1.54. The van der Waals surface area contributed by atoms with Crippen molar-refractivity contribution in [3.63, 3.8) is 0 Å².